The molecule has 0 saturated heterocycles. The maximum absolute atomic E-state index is 5.48. The smallest absolute Gasteiger partial charge is 0.0124 e. The molecule has 0 radical (unpaired) electrons. The highest BCUT2D eigenvalue weighted by atomic mass is 15.1. The molecule has 0 fully saturated rings. The number of hydrogen-bond donors (Lipinski definition) is 1. The zero-order chi connectivity index (χ0) is 8.15. The third-order valence-corrected chi connectivity index (χ3v) is 1.90. The molecule has 0 rings (SSSR count). The molecule has 0 heterocycles. The van der Waals surface area contributed by atoms with Gasteiger partial charge in [0.1, 0.15) is 0 Å². The van der Waals surface area contributed by atoms with Crippen LogP contribution in [0.4, 0.5) is 0 Å². The molecule has 0 aliphatic heterocycles. The molecule has 0 aromatic heterocycles. The van der Waals surface area contributed by atoms with E-state index in [1.807, 2.05) is 0 Å². The molecule has 10 heavy (non-hydrogen) atoms. The summed E-state index contributed by atoms with van der Waals surface area (Å²) in [6.45, 7) is 5.27. The lowest BCUT2D eigenvalue weighted by molar-refractivity contribution is 0.221. The van der Waals surface area contributed by atoms with Crippen LogP contribution in [0.3, 0.4) is 0 Å². The van der Waals surface area contributed by atoms with Gasteiger partial charge >= 0.3 is 0 Å². The largest absolute Gasteiger partial charge is 0.330 e. The Morgan fingerprint density at radius 2 is 1.80 bits per heavy atom. The first-order chi connectivity index (χ1) is 4.59. The normalized spacial score (nSPS) is 14.7. The fraction of sp³-hybridized carbons (Fsp3) is 1.00. The zero-order valence-corrected chi connectivity index (χ0v) is 7.59. The summed E-state index contributed by atoms with van der Waals surface area (Å²) in [4.78, 5) is 2.25. The van der Waals surface area contributed by atoms with Crippen molar-refractivity contribution in [3.05, 3.63) is 0 Å². The summed E-state index contributed by atoms with van der Waals surface area (Å²) in [5.41, 5.74) is 5.48. The molecule has 62 valence electrons. The van der Waals surface area contributed by atoms with Crippen LogP contribution in [0.25, 0.3) is 0 Å². The fourth-order valence-corrected chi connectivity index (χ4v) is 1.36. The minimum absolute atomic E-state index is 0.644. The second kappa shape index (κ2) is 4.69. The Balaban J connectivity index is 3.73. The molecule has 0 aliphatic carbocycles. The quantitative estimate of drug-likeness (QED) is 0.636. The first-order valence-corrected chi connectivity index (χ1v) is 3.96. The summed E-state index contributed by atoms with van der Waals surface area (Å²) < 4.78 is 0. The molecular weight excluding hydrogens is 124 g/mol. The van der Waals surface area contributed by atoms with Crippen LogP contribution in [-0.4, -0.2) is 31.6 Å². The first kappa shape index (κ1) is 9.92. The van der Waals surface area contributed by atoms with Gasteiger partial charge in [-0.05, 0) is 33.0 Å². The predicted octanol–water partition coefficient (Wildman–Crippen LogP) is 0.921. The third-order valence-electron chi connectivity index (χ3n) is 1.90. The Bertz CT molecular complexity index is 71.3. The summed E-state index contributed by atoms with van der Waals surface area (Å²) in [5.74, 6) is 0.707. The molecule has 0 amide bonds. The summed E-state index contributed by atoms with van der Waals surface area (Å²) in [7, 11) is 4.22. The second-order valence-corrected chi connectivity index (χ2v) is 3.35. The van der Waals surface area contributed by atoms with E-state index in [9.17, 15) is 0 Å². The molecule has 0 bridgehead atoms. The van der Waals surface area contributed by atoms with Gasteiger partial charge in [-0.2, -0.15) is 0 Å². The lowest BCUT2D eigenvalue weighted by Gasteiger charge is -2.27. The van der Waals surface area contributed by atoms with E-state index in [1.165, 1.54) is 0 Å². The predicted molar refractivity (Wildman–Crippen MR) is 46.0 cm³/mol. The Labute approximate surface area is 64.4 Å². The van der Waals surface area contributed by atoms with Crippen molar-refractivity contribution in [2.45, 2.75) is 26.3 Å². The molecule has 0 aromatic carbocycles. The molecule has 0 saturated carbocycles. The van der Waals surface area contributed by atoms with E-state index in [4.69, 9.17) is 5.73 Å². The maximum atomic E-state index is 5.48. The van der Waals surface area contributed by atoms with Crippen LogP contribution in [0, 0.1) is 5.92 Å². The molecule has 1 atom stereocenters. The molecule has 2 nitrogen and oxygen atoms in total. The summed E-state index contributed by atoms with van der Waals surface area (Å²) in [6, 6.07) is 0.644. The molecule has 2 N–H and O–H groups in total. The Morgan fingerprint density at radius 1 is 1.30 bits per heavy atom. The number of nitrogens with two attached hydrogens (primary N) is 1. The van der Waals surface area contributed by atoms with Crippen molar-refractivity contribution in [2.75, 3.05) is 20.6 Å². The molecule has 0 aliphatic rings. The minimum atomic E-state index is 0.644. The van der Waals surface area contributed by atoms with Crippen molar-refractivity contribution in [3.63, 3.8) is 0 Å². The van der Waals surface area contributed by atoms with E-state index < -0.39 is 0 Å². The number of rotatable bonds is 4. The van der Waals surface area contributed by atoms with E-state index >= 15 is 0 Å². The van der Waals surface area contributed by atoms with Gasteiger partial charge in [-0.3, -0.25) is 0 Å². The monoisotopic (exact) mass is 144 g/mol. The molecule has 1 unspecified atom stereocenters. The molecular formula is C8H20N2. The van der Waals surface area contributed by atoms with Gasteiger partial charge in [0.2, 0.25) is 0 Å². The Morgan fingerprint density at radius 3 is 1.90 bits per heavy atom. The van der Waals surface area contributed by atoms with Gasteiger partial charge in [-0.1, -0.05) is 13.8 Å². The molecule has 2 heteroatoms. The minimum Gasteiger partial charge on any atom is -0.330 e. The van der Waals surface area contributed by atoms with Gasteiger partial charge in [-0.15, -0.1) is 0 Å². The first-order valence-electron chi connectivity index (χ1n) is 3.96. The summed E-state index contributed by atoms with van der Waals surface area (Å²) >= 11 is 0. The SMILES string of the molecule is CC(C)C(CCN)N(C)C. The Kier molecular flexibility index (Phi) is 4.65. The van der Waals surface area contributed by atoms with E-state index in [-0.39, 0.29) is 0 Å². The maximum Gasteiger partial charge on any atom is 0.0124 e. The second-order valence-electron chi connectivity index (χ2n) is 3.35. The van der Waals surface area contributed by atoms with Crippen LogP contribution >= 0.6 is 0 Å². The van der Waals surface area contributed by atoms with Crippen LogP contribution in [-0.2, 0) is 0 Å². The average molecular weight is 144 g/mol. The highest BCUT2D eigenvalue weighted by molar-refractivity contribution is 4.69. The van der Waals surface area contributed by atoms with Gasteiger partial charge in [0.05, 0.1) is 0 Å². The number of hydrogen-bond acceptors (Lipinski definition) is 2. The van der Waals surface area contributed by atoms with Crippen molar-refractivity contribution in [1.82, 2.24) is 4.90 Å². The van der Waals surface area contributed by atoms with Crippen LogP contribution in [0.15, 0.2) is 0 Å². The lowest BCUT2D eigenvalue weighted by atomic mass is 10.0. The van der Waals surface area contributed by atoms with E-state index in [0.717, 1.165) is 13.0 Å². The number of nitrogens with zero attached hydrogens (tertiary/aromatic N) is 1. The van der Waals surface area contributed by atoms with Gasteiger partial charge in [0, 0.05) is 6.04 Å². The highest BCUT2D eigenvalue weighted by Crippen LogP contribution is 2.09. The van der Waals surface area contributed by atoms with Crippen molar-refractivity contribution < 1.29 is 0 Å². The summed E-state index contributed by atoms with van der Waals surface area (Å²) in [5, 5.41) is 0. The van der Waals surface area contributed by atoms with Gasteiger partial charge in [-0.25, -0.2) is 0 Å². The van der Waals surface area contributed by atoms with E-state index in [1.54, 1.807) is 0 Å². The van der Waals surface area contributed by atoms with Crippen LogP contribution in [0.5, 0.6) is 0 Å². The van der Waals surface area contributed by atoms with Crippen LogP contribution in [0.2, 0.25) is 0 Å². The fourth-order valence-electron chi connectivity index (χ4n) is 1.36. The third kappa shape index (κ3) is 3.18. The van der Waals surface area contributed by atoms with Crippen molar-refractivity contribution in [1.29, 1.82) is 0 Å². The van der Waals surface area contributed by atoms with Gasteiger partial charge in [0.15, 0.2) is 0 Å². The van der Waals surface area contributed by atoms with Crippen molar-refractivity contribution in [2.24, 2.45) is 11.7 Å². The Hall–Kier alpha value is -0.0800. The van der Waals surface area contributed by atoms with E-state index in [0.29, 0.717) is 12.0 Å². The van der Waals surface area contributed by atoms with Gasteiger partial charge < -0.3 is 10.6 Å². The molecule has 0 aromatic rings. The topological polar surface area (TPSA) is 29.3 Å². The molecule has 0 spiro atoms. The van der Waals surface area contributed by atoms with Crippen LogP contribution < -0.4 is 5.73 Å². The standard InChI is InChI=1S/C8H20N2/c1-7(2)8(5-6-9)10(3)4/h7-8H,5-6,9H2,1-4H3. The summed E-state index contributed by atoms with van der Waals surface area (Å²) in [6.07, 6.45) is 1.10. The average Bonchev–Trinajstić information content (AvgIpc) is 1.81. The van der Waals surface area contributed by atoms with Crippen molar-refractivity contribution >= 4 is 0 Å². The van der Waals surface area contributed by atoms with Crippen molar-refractivity contribution in [3.8, 4) is 0 Å². The lowest BCUT2D eigenvalue weighted by Crippen LogP contribution is -2.34. The van der Waals surface area contributed by atoms with Crippen LogP contribution in [0.1, 0.15) is 20.3 Å². The highest BCUT2D eigenvalue weighted by Gasteiger charge is 2.13. The van der Waals surface area contributed by atoms with E-state index in [2.05, 4.69) is 32.8 Å². The van der Waals surface area contributed by atoms with Gasteiger partial charge in [0.25, 0.3) is 0 Å². The zero-order valence-electron chi connectivity index (χ0n) is 7.59.